The molecule has 92 valence electrons. The minimum absolute atomic E-state index is 0.250. The summed E-state index contributed by atoms with van der Waals surface area (Å²) in [4.78, 5) is 12.0. The lowest BCUT2D eigenvalue weighted by atomic mass is 9.84. The van der Waals surface area contributed by atoms with Gasteiger partial charge < -0.3 is 10.6 Å². The van der Waals surface area contributed by atoms with Crippen LogP contribution in [0.3, 0.4) is 0 Å². The molecule has 2 fully saturated rings. The van der Waals surface area contributed by atoms with Gasteiger partial charge in [0.2, 0.25) is 5.91 Å². The molecule has 2 aliphatic rings. The number of amides is 1. The number of piperidine rings is 1. The van der Waals surface area contributed by atoms with Crippen LogP contribution in [0.5, 0.6) is 0 Å². The first-order valence-electron chi connectivity index (χ1n) is 6.29. The molecule has 0 radical (unpaired) electrons. The number of rotatable bonds is 4. The molecule has 16 heavy (non-hydrogen) atoms. The topological polar surface area (TPSA) is 41.1 Å². The Hall–Kier alpha value is -0.220. The standard InChI is InChI=1S/C12H22N2OS/c1-16-12(5-2-6-12)9-14-11(15)10-3-7-13-8-4-10/h10,13H,2-9H2,1H3,(H,14,15). The van der Waals surface area contributed by atoms with Crippen LogP contribution in [-0.2, 0) is 4.79 Å². The Labute approximate surface area is 102 Å². The molecule has 1 amide bonds. The predicted molar refractivity (Wildman–Crippen MR) is 68.7 cm³/mol. The van der Waals surface area contributed by atoms with Gasteiger partial charge in [-0.3, -0.25) is 4.79 Å². The summed E-state index contributed by atoms with van der Waals surface area (Å²) in [5.41, 5.74) is 0. The van der Waals surface area contributed by atoms with E-state index >= 15 is 0 Å². The van der Waals surface area contributed by atoms with Crippen molar-refractivity contribution < 1.29 is 4.79 Å². The van der Waals surface area contributed by atoms with Crippen LogP contribution >= 0.6 is 11.8 Å². The van der Waals surface area contributed by atoms with Gasteiger partial charge >= 0.3 is 0 Å². The molecule has 0 aromatic heterocycles. The molecule has 4 heteroatoms. The molecule has 2 rings (SSSR count). The largest absolute Gasteiger partial charge is 0.354 e. The van der Waals surface area contributed by atoms with Gasteiger partial charge in [0.25, 0.3) is 0 Å². The van der Waals surface area contributed by atoms with E-state index in [0.29, 0.717) is 4.75 Å². The zero-order valence-corrected chi connectivity index (χ0v) is 10.9. The molecule has 1 aliphatic heterocycles. The van der Waals surface area contributed by atoms with E-state index in [-0.39, 0.29) is 11.8 Å². The molecule has 0 atom stereocenters. The molecular formula is C12H22N2OS. The number of hydrogen-bond acceptors (Lipinski definition) is 3. The maximum Gasteiger partial charge on any atom is 0.223 e. The highest BCUT2D eigenvalue weighted by atomic mass is 32.2. The Kier molecular flexibility index (Phi) is 4.14. The van der Waals surface area contributed by atoms with E-state index in [4.69, 9.17) is 0 Å². The van der Waals surface area contributed by atoms with E-state index in [9.17, 15) is 4.79 Å². The van der Waals surface area contributed by atoms with Gasteiger partial charge in [-0.05, 0) is 45.0 Å². The first-order chi connectivity index (χ1) is 7.76. The average Bonchev–Trinajstić information content (AvgIpc) is 2.29. The fourth-order valence-electron chi connectivity index (χ4n) is 2.50. The minimum Gasteiger partial charge on any atom is -0.354 e. The van der Waals surface area contributed by atoms with Crippen molar-refractivity contribution in [1.29, 1.82) is 0 Å². The fraction of sp³-hybridized carbons (Fsp3) is 0.917. The van der Waals surface area contributed by atoms with Crippen LogP contribution < -0.4 is 10.6 Å². The summed E-state index contributed by atoms with van der Waals surface area (Å²) in [6.45, 7) is 2.86. The summed E-state index contributed by atoms with van der Waals surface area (Å²) >= 11 is 1.92. The van der Waals surface area contributed by atoms with Gasteiger partial charge in [0.1, 0.15) is 0 Å². The van der Waals surface area contributed by atoms with Gasteiger partial charge in [-0.15, -0.1) is 0 Å². The molecule has 1 saturated heterocycles. The van der Waals surface area contributed by atoms with E-state index in [1.807, 2.05) is 11.8 Å². The van der Waals surface area contributed by atoms with Crippen molar-refractivity contribution in [2.75, 3.05) is 25.9 Å². The molecule has 0 bridgehead atoms. The first-order valence-corrected chi connectivity index (χ1v) is 7.52. The van der Waals surface area contributed by atoms with E-state index in [2.05, 4.69) is 16.9 Å². The van der Waals surface area contributed by atoms with Gasteiger partial charge in [-0.2, -0.15) is 11.8 Å². The third kappa shape index (κ3) is 2.72. The van der Waals surface area contributed by atoms with Gasteiger partial charge in [-0.1, -0.05) is 6.42 Å². The Balaban J connectivity index is 1.74. The van der Waals surface area contributed by atoms with Crippen molar-refractivity contribution in [3.8, 4) is 0 Å². The summed E-state index contributed by atoms with van der Waals surface area (Å²) in [5, 5.41) is 6.45. The van der Waals surface area contributed by atoms with Crippen LogP contribution in [0, 0.1) is 5.92 Å². The second-order valence-electron chi connectivity index (χ2n) is 4.98. The Morgan fingerprint density at radius 3 is 2.62 bits per heavy atom. The number of carbonyl (C=O) groups excluding carboxylic acids is 1. The number of carbonyl (C=O) groups is 1. The summed E-state index contributed by atoms with van der Waals surface area (Å²) in [7, 11) is 0. The second-order valence-corrected chi connectivity index (χ2v) is 6.26. The number of thioether (sulfide) groups is 1. The number of nitrogens with one attached hydrogen (secondary N) is 2. The van der Waals surface area contributed by atoms with E-state index in [1.165, 1.54) is 19.3 Å². The van der Waals surface area contributed by atoms with Crippen molar-refractivity contribution >= 4 is 17.7 Å². The Bertz CT molecular complexity index is 242. The molecular weight excluding hydrogens is 220 g/mol. The third-order valence-corrected chi connectivity index (χ3v) is 5.41. The van der Waals surface area contributed by atoms with Crippen molar-refractivity contribution in [2.45, 2.75) is 36.9 Å². The van der Waals surface area contributed by atoms with E-state index < -0.39 is 0 Å². The summed E-state index contributed by atoms with van der Waals surface area (Å²) in [6.07, 6.45) is 8.01. The molecule has 3 nitrogen and oxygen atoms in total. The Morgan fingerprint density at radius 1 is 1.44 bits per heavy atom. The van der Waals surface area contributed by atoms with Crippen LogP contribution in [0.15, 0.2) is 0 Å². The highest BCUT2D eigenvalue weighted by molar-refractivity contribution is 8.00. The first kappa shape index (κ1) is 12.2. The van der Waals surface area contributed by atoms with Crippen molar-refractivity contribution in [2.24, 2.45) is 5.92 Å². The lowest BCUT2D eigenvalue weighted by Gasteiger charge is -2.40. The van der Waals surface area contributed by atoms with Crippen LogP contribution in [-0.4, -0.2) is 36.5 Å². The maximum atomic E-state index is 12.0. The second kappa shape index (κ2) is 5.41. The van der Waals surface area contributed by atoms with Crippen molar-refractivity contribution in [3.05, 3.63) is 0 Å². The maximum absolute atomic E-state index is 12.0. The quantitative estimate of drug-likeness (QED) is 0.783. The average molecular weight is 242 g/mol. The number of hydrogen-bond donors (Lipinski definition) is 2. The van der Waals surface area contributed by atoms with Gasteiger partial charge in [0, 0.05) is 17.2 Å². The molecule has 2 N–H and O–H groups in total. The molecule has 0 aromatic carbocycles. The van der Waals surface area contributed by atoms with Crippen molar-refractivity contribution in [3.63, 3.8) is 0 Å². The molecule has 1 heterocycles. The highest BCUT2D eigenvalue weighted by Crippen LogP contribution is 2.42. The predicted octanol–water partition coefficient (Wildman–Crippen LogP) is 1.39. The highest BCUT2D eigenvalue weighted by Gasteiger charge is 2.36. The molecule has 1 aliphatic carbocycles. The van der Waals surface area contributed by atoms with E-state index in [0.717, 1.165) is 32.5 Å². The Morgan fingerprint density at radius 2 is 2.12 bits per heavy atom. The molecule has 0 aromatic rings. The summed E-state index contributed by atoms with van der Waals surface area (Å²) < 4.78 is 0.364. The van der Waals surface area contributed by atoms with E-state index in [1.54, 1.807) is 0 Å². The molecule has 0 spiro atoms. The zero-order chi connectivity index (χ0) is 11.4. The van der Waals surface area contributed by atoms with Crippen molar-refractivity contribution in [1.82, 2.24) is 10.6 Å². The van der Waals surface area contributed by atoms with Gasteiger partial charge in [0.05, 0.1) is 0 Å². The minimum atomic E-state index is 0.250. The molecule has 1 saturated carbocycles. The zero-order valence-electron chi connectivity index (χ0n) is 10.1. The van der Waals surface area contributed by atoms with Gasteiger partial charge in [0.15, 0.2) is 0 Å². The lowest BCUT2D eigenvalue weighted by Crippen LogP contribution is -2.47. The smallest absolute Gasteiger partial charge is 0.223 e. The summed E-state index contributed by atoms with van der Waals surface area (Å²) in [6, 6.07) is 0. The van der Waals surface area contributed by atoms with Crippen LogP contribution in [0.25, 0.3) is 0 Å². The normalized spacial score (nSPS) is 24.8. The third-order valence-electron chi connectivity index (χ3n) is 3.99. The van der Waals surface area contributed by atoms with Crippen LogP contribution in [0.2, 0.25) is 0 Å². The summed E-state index contributed by atoms with van der Waals surface area (Å²) in [5.74, 6) is 0.530. The monoisotopic (exact) mass is 242 g/mol. The van der Waals surface area contributed by atoms with Crippen LogP contribution in [0.1, 0.15) is 32.1 Å². The van der Waals surface area contributed by atoms with Crippen LogP contribution in [0.4, 0.5) is 0 Å². The van der Waals surface area contributed by atoms with Gasteiger partial charge in [-0.25, -0.2) is 0 Å². The SMILES string of the molecule is CSC1(CNC(=O)C2CCNCC2)CCC1. The lowest BCUT2D eigenvalue weighted by molar-refractivity contribution is -0.125. The fourth-order valence-corrected chi connectivity index (χ4v) is 3.41. The molecule has 0 unspecified atom stereocenters.